The zero-order valence-corrected chi connectivity index (χ0v) is 35.0. The SMILES string of the molecule is CCCCCCc1cccc(C2(c3cccc(CCCCCC)c3)c3cc(-c4c(C)cc(C)cc4C)ccc3-c3ccc(-c4c(C)cc(C)cc4C)cc32)c1. The number of benzene rings is 6. The lowest BCUT2D eigenvalue weighted by molar-refractivity contribution is 0.664. The fourth-order valence-corrected chi connectivity index (χ4v) is 10.1. The van der Waals surface area contributed by atoms with Crippen molar-refractivity contribution in [1.29, 1.82) is 0 Å². The van der Waals surface area contributed by atoms with Gasteiger partial charge in [-0.05, 0) is 168 Å². The molecule has 0 bridgehead atoms. The first-order valence-electron chi connectivity index (χ1n) is 21.3. The molecule has 0 aromatic heterocycles. The number of aryl methyl sites for hydroxylation is 8. The van der Waals surface area contributed by atoms with E-state index in [1.807, 2.05) is 0 Å². The minimum absolute atomic E-state index is 0.478. The van der Waals surface area contributed by atoms with E-state index in [1.54, 1.807) is 0 Å². The Morgan fingerprint density at radius 2 is 0.800 bits per heavy atom. The molecule has 0 fully saturated rings. The van der Waals surface area contributed by atoms with Gasteiger partial charge in [-0.3, -0.25) is 0 Å². The molecule has 0 unspecified atom stereocenters. The van der Waals surface area contributed by atoms with Crippen molar-refractivity contribution < 1.29 is 0 Å². The summed E-state index contributed by atoms with van der Waals surface area (Å²) < 4.78 is 0. The predicted molar refractivity (Wildman–Crippen MR) is 239 cm³/mol. The van der Waals surface area contributed by atoms with Crippen molar-refractivity contribution in [2.75, 3.05) is 0 Å². The van der Waals surface area contributed by atoms with Gasteiger partial charge in [0.1, 0.15) is 0 Å². The summed E-state index contributed by atoms with van der Waals surface area (Å²) in [6.45, 7) is 18.2. The van der Waals surface area contributed by atoms with Gasteiger partial charge in [-0.15, -0.1) is 0 Å². The topological polar surface area (TPSA) is 0 Å². The van der Waals surface area contributed by atoms with Crippen molar-refractivity contribution in [1.82, 2.24) is 0 Å². The molecule has 1 aliphatic carbocycles. The Hall–Kier alpha value is -4.68. The summed E-state index contributed by atoms with van der Waals surface area (Å²) in [5.74, 6) is 0. The predicted octanol–water partition coefficient (Wildman–Crippen LogP) is 15.5. The van der Waals surface area contributed by atoms with E-state index in [0.717, 1.165) is 12.8 Å². The first kappa shape index (κ1) is 38.6. The summed E-state index contributed by atoms with van der Waals surface area (Å²) in [6.07, 6.45) is 12.4. The van der Waals surface area contributed by atoms with Gasteiger partial charge in [-0.25, -0.2) is 0 Å². The molecule has 6 aromatic carbocycles. The molecule has 0 saturated carbocycles. The quantitative estimate of drug-likeness (QED) is 0.0981. The Bertz CT molecular complexity index is 2100. The highest BCUT2D eigenvalue weighted by molar-refractivity contribution is 5.91. The molecule has 0 atom stereocenters. The van der Waals surface area contributed by atoms with Gasteiger partial charge in [-0.2, -0.15) is 0 Å². The highest BCUT2D eigenvalue weighted by Crippen LogP contribution is 2.58. The zero-order chi connectivity index (χ0) is 38.7. The minimum atomic E-state index is -0.478. The maximum Gasteiger partial charge on any atom is 0.0714 e. The standard InChI is InChI=1S/C55H62/c1-9-11-13-15-19-43-21-17-23-47(33-43)55(48-24-18-22-44(34-48)20-16-14-12-10-2)51-35-45(53-39(5)29-37(3)30-40(53)6)25-27-49(51)50-28-26-46(36-52(50)55)54-41(7)31-38(4)32-42(54)8/h17-18,21-36H,9-16,19-20H2,1-8H3. The van der Waals surface area contributed by atoms with E-state index < -0.39 is 5.41 Å². The van der Waals surface area contributed by atoms with Crippen LogP contribution >= 0.6 is 0 Å². The highest BCUT2D eigenvalue weighted by atomic mass is 14.5. The lowest BCUT2D eigenvalue weighted by Gasteiger charge is -2.35. The Kier molecular flexibility index (Phi) is 11.6. The van der Waals surface area contributed by atoms with Crippen molar-refractivity contribution in [3.63, 3.8) is 0 Å². The average Bonchev–Trinajstić information content (AvgIpc) is 3.44. The molecule has 0 heterocycles. The molecule has 7 rings (SSSR count). The summed E-state index contributed by atoms with van der Waals surface area (Å²) >= 11 is 0. The van der Waals surface area contributed by atoms with E-state index in [2.05, 4.69) is 165 Å². The van der Waals surface area contributed by atoms with Crippen LogP contribution in [0.2, 0.25) is 0 Å². The van der Waals surface area contributed by atoms with E-state index in [0.29, 0.717) is 0 Å². The lowest BCUT2D eigenvalue weighted by atomic mass is 9.66. The van der Waals surface area contributed by atoms with Crippen molar-refractivity contribution in [2.24, 2.45) is 0 Å². The van der Waals surface area contributed by atoms with Crippen LogP contribution in [0.25, 0.3) is 33.4 Å². The van der Waals surface area contributed by atoms with Crippen molar-refractivity contribution in [2.45, 2.75) is 125 Å². The number of fused-ring (bicyclic) bond motifs is 3. The van der Waals surface area contributed by atoms with Gasteiger partial charge < -0.3 is 0 Å². The molecular weight excluding hydrogens is 661 g/mol. The minimum Gasteiger partial charge on any atom is -0.0654 e. The fraction of sp³-hybridized carbons (Fsp3) is 0.345. The second kappa shape index (κ2) is 16.6. The molecule has 0 spiro atoms. The van der Waals surface area contributed by atoms with Gasteiger partial charge in [0.15, 0.2) is 0 Å². The van der Waals surface area contributed by atoms with Gasteiger partial charge >= 0.3 is 0 Å². The smallest absolute Gasteiger partial charge is 0.0654 e. The fourth-order valence-electron chi connectivity index (χ4n) is 10.1. The molecule has 0 N–H and O–H groups in total. The molecule has 6 aromatic rings. The van der Waals surface area contributed by atoms with Gasteiger partial charge in [-0.1, -0.05) is 161 Å². The summed E-state index contributed by atoms with van der Waals surface area (Å²) in [5.41, 5.74) is 24.0. The molecule has 1 aliphatic rings. The number of hydrogen-bond donors (Lipinski definition) is 0. The van der Waals surface area contributed by atoms with Crippen molar-refractivity contribution >= 4 is 0 Å². The number of rotatable bonds is 14. The molecule has 0 nitrogen and oxygen atoms in total. The van der Waals surface area contributed by atoms with Crippen LogP contribution in [0, 0.1) is 41.5 Å². The van der Waals surface area contributed by atoms with Crippen LogP contribution < -0.4 is 0 Å². The maximum absolute atomic E-state index is 2.57. The van der Waals surface area contributed by atoms with Crippen LogP contribution in [-0.2, 0) is 18.3 Å². The highest BCUT2D eigenvalue weighted by Gasteiger charge is 2.47. The molecular formula is C55H62. The normalized spacial score (nSPS) is 12.9. The molecule has 0 amide bonds. The average molecular weight is 723 g/mol. The Balaban J connectivity index is 1.54. The number of unbranched alkanes of at least 4 members (excludes halogenated alkanes) is 6. The van der Waals surface area contributed by atoms with Crippen LogP contribution in [0.3, 0.4) is 0 Å². The zero-order valence-electron chi connectivity index (χ0n) is 35.0. The number of hydrogen-bond acceptors (Lipinski definition) is 0. The molecule has 0 aliphatic heterocycles. The summed E-state index contributed by atoms with van der Waals surface area (Å²) in [6, 6.07) is 43.6. The van der Waals surface area contributed by atoms with Crippen molar-refractivity contribution in [3.05, 3.63) is 176 Å². The second-order valence-electron chi connectivity index (χ2n) is 16.8. The van der Waals surface area contributed by atoms with Crippen LogP contribution in [0.4, 0.5) is 0 Å². The van der Waals surface area contributed by atoms with Crippen LogP contribution in [0.15, 0.2) is 109 Å². The Morgan fingerprint density at radius 3 is 1.18 bits per heavy atom. The van der Waals surface area contributed by atoms with Crippen molar-refractivity contribution in [3.8, 4) is 33.4 Å². The maximum atomic E-state index is 2.57. The first-order chi connectivity index (χ1) is 26.6. The van der Waals surface area contributed by atoms with E-state index >= 15 is 0 Å². The third-order valence-electron chi connectivity index (χ3n) is 12.4. The van der Waals surface area contributed by atoms with Gasteiger partial charge in [0.2, 0.25) is 0 Å². The van der Waals surface area contributed by atoms with Crippen LogP contribution in [0.1, 0.15) is 132 Å². The van der Waals surface area contributed by atoms with Gasteiger partial charge in [0.05, 0.1) is 5.41 Å². The van der Waals surface area contributed by atoms with Gasteiger partial charge in [0.25, 0.3) is 0 Å². The monoisotopic (exact) mass is 722 g/mol. The third kappa shape index (κ3) is 7.50. The summed E-state index contributed by atoms with van der Waals surface area (Å²) in [7, 11) is 0. The van der Waals surface area contributed by atoms with Gasteiger partial charge in [0, 0.05) is 0 Å². The second-order valence-corrected chi connectivity index (χ2v) is 16.8. The lowest BCUT2D eigenvalue weighted by Crippen LogP contribution is -2.29. The molecule has 55 heavy (non-hydrogen) atoms. The van der Waals surface area contributed by atoms with E-state index in [1.165, 1.54) is 152 Å². The summed E-state index contributed by atoms with van der Waals surface area (Å²) in [4.78, 5) is 0. The molecule has 0 saturated heterocycles. The summed E-state index contributed by atoms with van der Waals surface area (Å²) in [5, 5.41) is 0. The molecule has 0 radical (unpaired) electrons. The van der Waals surface area contributed by atoms with E-state index in [-0.39, 0.29) is 0 Å². The third-order valence-corrected chi connectivity index (χ3v) is 12.4. The Morgan fingerprint density at radius 1 is 0.400 bits per heavy atom. The van der Waals surface area contributed by atoms with E-state index in [9.17, 15) is 0 Å². The molecule has 282 valence electrons. The molecule has 0 heteroatoms. The Labute approximate surface area is 333 Å². The first-order valence-corrected chi connectivity index (χ1v) is 21.3. The van der Waals surface area contributed by atoms with E-state index in [4.69, 9.17) is 0 Å². The largest absolute Gasteiger partial charge is 0.0714 e. The van der Waals surface area contributed by atoms with Crippen LogP contribution in [0.5, 0.6) is 0 Å². The van der Waals surface area contributed by atoms with Crippen LogP contribution in [-0.4, -0.2) is 0 Å².